The Kier molecular flexibility index (Phi) is 5.24. The Balaban J connectivity index is 2.21. The van der Waals surface area contributed by atoms with Crippen LogP contribution in [0.25, 0.3) is 0 Å². The first-order chi connectivity index (χ1) is 7.65. The third-order valence-corrected chi connectivity index (χ3v) is 3.55. The van der Waals surface area contributed by atoms with E-state index in [0.717, 1.165) is 32.5 Å². The molecular weight excluding hydrogens is 200 g/mol. The number of rotatable bonds is 8. The average molecular weight is 224 g/mol. The largest absolute Gasteiger partial charge is 0.384 e. The molecule has 0 aromatic rings. The highest BCUT2D eigenvalue weighted by molar-refractivity contribution is 4.95. The van der Waals surface area contributed by atoms with Crippen LogP contribution in [0.5, 0.6) is 0 Å². The molecule has 0 aliphatic heterocycles. The zero-order chi connectivity index (χ0) is 12.0. The van der Waals surface area contributed by atoms with E-state index >= 15 is 0 Å². The number of nitriles is 1. The van der Waals surface area contributed by atoms with E-state index in [9.17, 15) is 0 Å². The molecule has 1 atom stereocenters. The molecule has 0 saturated heterocycles. The lowest BCUT2D eigenvalue weighted by Crippen LogP contribution is -2.30. The van der Waals surface area contributed by atoms with Gasteiger partial charge in [-0.05, 0) is 39.3 Å². The van der Waals surface area contributed by atoms with Crippen LogP contribution in [-0.4, -0.2) is 38.8 Å². The van der Waals surface area contributed by atoms with Gasteiger partial charge in [0.2, 0.25) is 0 Å². The SMILES string of the molecule is CCC(C#N)CCN(C)CC1(COC)CC1. The molecule has 0 aromatic carbocycles. The number of methoxy groups -OCH3 is 1. The van der Waals surface area contributed by atoms with Gasteiger partial charge in [-0.3, -0.25) is 0 Å². The van der Waals surface area contributed by atoms with Crippen molar-refractivity contribution >= 4 is 0 Å². The lowest BCUT2D eigenvalue weighted by molar-refractivity contribution is 0.115. The van der Waals surface area contributed by atoms with Gasteiger partial charge in [-0.1, -0.05) is 6.92 Å². The first kappa shape index (κ1) is 13.5. The molecule has 0 spiro atoms. The molecule has 0 aromatic heterocycles. The van der Waals surface area contributed by atoms with E-state index in [-0.39, 0.29) is 5.92 Å². The van der Waals surface area contributed by atoms with Crippen molar-refractivity contribution in [3.05, 3.63) is 0 Å². The van der Waals surface area contributed by atoms with Crippen LogP contribution in [0, 0.1) is 22.7 Å². The van der Waals surface area contributed by atoms with Crippen molar-refractivity contribution < 1.29 is 4.74 Å². The number of hydrogen-bond donors (Lipinski definition) is 0. The van der Waals surface area contributed by atoms with E-state index in [0.29, 0.717) is 5.41 Å². The minimum absolute atomic E-state index is 0.222. The number of ether oxygens (including phenoxy) is 1. The van der Waals surface area contributed by atoms with E-state index in [1.54, 1.807) is 7.11 Å². The monoisotopic (exact) mass is 224 g/mol. The molecule has 3 heteroatoms. The molecule has 1 unspecified atom stereocenters. The third-order valence-electron chi connectivity index (χ3n) is 3.55. The Morgan fingerprint density at radius 3 is 2.62 bits per heavy atom. The summed E-state index contributed by atoms with van der Waals surface area (Å²) in [6.45, 7) is 5.11. The van der Waals surface area contributed by atoms with Crippen LogP contribution >= 0.6 is 0 Å². The Bertz CT molecular complexity index is 243. The Labute approximate surface area is 99.4 Å². The summed E-state index contributed by atoms with van der Waals surface area (Å²) >= 11 is 0. The summed E-state index contributed by atoms with van der Waals surface area (Å²) in [5.74, 6) is 0.222. The second-order valence-electron chi connectivity index (χ2n) is 5.19. The molecule has 1 aliphatic carbocycles. The van der Waals surface area contributed by atoms with Crippen LogP contribution in [0.2, 0.25) is 0 Å². The summed E-state index contributed by atoms with van der Waals surface area (Å²) in [4.78, 5) is 2.35. The molecule has 3 nitrogen and oxygen atoms in total. The maximum absolute atomic E-state index is 8.88. The van der Waals surface area contributed by atoms with Gasteiger partial charge in [0.25, 0.3) is 0 Å². The lowest BCUT2D eigenvalue weighted by Gasteiger charge is -2.23. The number of nitrogens with zero attached hydrogens (tertiary/aromatic N) is 2. The van der Waals surface area contributed by atoms with E-state index in [2.05, 4.69) is 24.9 Å². The van der Waals surface area contributed by atoms with E-state index < -0.39 is 0 Å². The Hall–Kier alpha value is -0.590. The molecule has 1 rings (SSSR count). The van der Waals surface area contributed by atoms with Crippen LogP contribution in [0.3, 0.4) is 0 Å². The molecule has 0 N–H and O–H groups in total. The molecular formula is C13H24N2O. The highest BCUT2D eigenvalue weighted by Crippen LogP contribution is 2.46. The molecule has 0 bridgehead atoms. The third kappa shape index (κ3) is 4.11. The van der Waals surface area contributed by atoms with Crippen LogP contribution in [0.15, 0.2) is 0 Å². The van der Waals surface area contributed by atoms with Crippen LogP contribution in [0.1, 0.15) is 32.6 Å². The highest BCUT2D eigenvalue weighted by Gasteiger charge is 2.43. The molecule has 0 heterocycles. The first-order valence-electron chi connectivity index (χ1n) is 6.23. The van der Waals surface area contributed by atoms with Gasteiger partial charge in [0.1, 0.15) is 0 Å². The van der Waals surface area contributed by atoms with Crippen molar-refractivity contribution in [2.75, 3.05) is 33.9 Å². The van der Waals surface area contributed by atoms with Crippen molar-refractivity contribution in [1.29, 1.82) is 5.26 Å². The smallest absolute Gasteiger partial charge is 0.0656 e. The zero-order valence-electron chi connectivity index (χ0n) is 10.8. The summed E-state index contributed by atoms with van der Waals surface area (Å²) < 4.78 is 5.26. The van der Waals surface area contributed by atoms with Crippen molar-refractivity contribution in [3.63, 3.8) is 0 Å². The average Bonchev–Trinajstić information content (AvgIpc) is 3.00. The van der Waals surface area contributed by atoms with Gasteiger partial charge in [0.15, 0.2) is 0 Å². The van der Waals surface area contributed by atoms with Crippen molar-refractivity contribution in [3.8, 4) is 6.07 Å². The normalized spacial score (nSPS) is 19.4. The summed E-state index contributed by atoms with van der Waals surface area (Å²) in [6, 6.07) is 2.36. The molecule has 0 radical (unpaired) electrons. The first-order valence-corrected chi connectivity index (χ1v) is 6.23. The van der Waals surface area contributed by atoms with E-state index in [4.69, 9.17) is 10.00 Å². The van der Waals surface area contributed by atoms with Crippen LogP contribution in [0.4, 0.5) is 0 Å². The van der Waals surface area contributed by atoms with Gasteiger partial charge in [-0.25, -0.2) is 0 Å². The predicted molar refractivity (Wildman–Crippen MR) is 65.1 cm³/mol. The summed E-state index contributed by atoms with van der Waals surface area (Å²) in [5.41, 5.74) is 0.428. The van der Waals surface area contributed by atoms with Gasteiger partial charge in [0.05, 0.1) is 12.7 Å². The molecule has 16 heavy (non-hydrogen) atoms. The van der Waals surface area contributed by atoms with Crippen molar-refractivity contribution in [2.24, 2.45) is 11.3 Å². The quantitative estimate of drug-likeness (QED) is 0.634. The highest BCUT2D eigenvalue weighted by atomic mass is 16.5. The second kappa shape index (κ2) is 6.22. The van der Waals surface area contributed by atoms with Gasteiger partial charge in [0, 0.05) is 25.0 Å². The van der Waals surface area contributed by atoms with Crippen molar-refractivity contribution in [2.45, 2.75) is 32.6 Å². The zero-order valence-corrected chi connectivity index (χ0v) is 10.8. The minimum Gasteiger partial charge on any atom is -0.384 e. The molecule has 92 valence electrons. The summed E-state index contributed by atoms with van der Waals surface area (Å²) in [7, 11) is 3.93. The van der Waals surface area contributed by atoms with Crippen LogP contribution in [-0.2, 0) is 4.74 Å². The maximum atomic E-state index is 8.88. The molecule has 1 aliphatic rings. The number of hydrogen-bond acceptors (Lipinski definition) is 3. The van der Waals surface area contributed by atoms with E-state index in [1.165, 1.54) is 12.8 Å². The van der Waals surface area contributed by atoms with Crippen molar-refractivity contribution in [1.82, 2.24) is 4.90 Å². The molecule has 0 amide bonds. The summed E-state index contributed by atoms with van der Waals surface area (Å²) in [6.07, 6.45) is 4.54. The fraction of sp³-hybridized carbons (Fsp3) is 0.923. The Morgan fingerprint density at radius 1 is 1.50 bits per heavy atom. The lowest BCUT2D eigenvalue weighted by atomic mass is 10.0. The van der Waals surface area contributed by atoms with Gasteiger partial charge < -0.3 is 9.64 Å². The second-order valence-corrected chi connectivity index (χ2v) is 5.19. The Morgan fingerprint density at radius 2 is 2.19 bits per heavy atom. The predicted octanol–water partition coefficient (Wildman–Crippen LogP) is 2.28. The minimum atomic E-state index is 0.222. The van der Waals surface area contributed by atoms with Gasteiger partial charge in [-0.15, -0.1) is 0 Å². The fourth-order valence-corrected chi connectivity index (χ4v) is 2.22. The molecule has 1 fully saturated rings. The van der Waals surface area contributed by atoms with Crippen LogP contribution < -0.4 is 0 Å². The van der Waals surface area contributed by atoms with Gasteiger partial charge >= 0.3 is 0 Å². The van der Waals surface area contributed by atoms with E-state index in [1.807, 2.05) is 0 Å². The maximum Gasteiger partial charge on any atom is 0.0656 e. The standard InChI is InChI=1S/C13H24N2O/c1-4-12(9-14)5-8-15(2)10-13(6-7-13)11-16-3/h12H,4-8,10-11H2,1-3H3. The topological polar surface area (TPSA) is 36.3 Å². The van der Waals surface area contributed by atoms with Gasteiger partial charge in [-0.2, -0.15) is 5.26 Å². The summed E-state index contributed by atoms with van der Waals surface area (Å²) in [5, 5.41) is 8.88. The molecule has 1 saturated carbocycles. The fourth-order valence-electron chi connectivity index (χ4n) is 2.22.